The van der Waals surface area contributed by atoms with E-state index in [9.17, 15) is 8.42 Å². The van der Waals surface area contributed by atoms with Crippen LogP contribution in [0.5, 0.6) is 11.5 Å². The highest BCUT2D eigenvalue weighted by Crippen LogP contribution is 2.33. The van der Waals surface area contributed by atoms with E-state index in [0.717, 1.165) is 31.8 Å². The Morgan fingerprint density at radius 1 is 1.12 bits per heavy atom. The number of halogens is 2. The van der Waals surface area contributed by atoms with Gasteiger partial charge in [-0.2, -0.15) is 0 Å². The molecule has 9 nitrogen and oxygen atoms in total. The fourth-order valence-electron chi connectivity index (χ4n) is 3.75. The topological polar surface area (TPSA) is 107 Å². The van der Waals surface area contributed by atoms with Crippen molar-refractivity contribution < 1.29 is 22.5 Å². The van der Waals surface area contributed by atoms with Gasteiger partial charge in [-0.05, 0) is 65.1 Å². The Bertz CT molecular complexity index is 1200. The van der Waals surface area contributed by atoms with E-state index in [2.05, 4.69) is 24.6 Å². The van der Waals surface area contributed by atoms with Crippen molar-refractivity contribution in [2.75, 3.05) is 33.9 Å². The molecule has 0 saturated carbocycles. The van der Waals surface area contributed by atoms with Crippen molar-refractivity contribution in [3.05, 3.63) is 40.4 Å². The van der Waals surface area contributed by atoms with Crippen LogP contribution in [0.15, 0.2) is 33.8 Å². The Balaban J connectivity index is 0.00000289. The zero-order valence-electron chi connectivity index (χ0n) is 17.6. The first kappa shape index (κ1) is 24.5. The molecule has 1 aliphatic heterocycles. The summed E-state index contributed by atoms with van der Waals surface area (Å²) in [6.07, 6.45) is 1.57. The number of nitrogens with zero attached hydrogens (tertiary/aromatic N) is 3. The van der Waals surface area contributed by atoms with Crippen LogP contribution in [-0.2, 0) is 23.0 Å². The summed E-state index contributed by atoms with van der Waals surface area (Å²) < 4.78 is 43.5. The average molecular weight is 503 g/mol. The summed E-state index contributed by atoms with van der Waals surface area (Å²) in [6, 6.07) is 6.92. The predicted molar refractivity (Wildman–Crippen MR) is 122 cm³/mol. The number of hydrogen-bond donors (Lipinski definition) is 1. The maximum Gasteiger partial charge on any atom is 0.242 e. The van der Waals surface area contributed by atoms with Crippen molar-refractivity contribution in [2.24, 2.45) is 0 Å². The molecule has 0 aliphatic carbocycles. The molecule has 0 radical (unpaired) electrons. The number of methoxy groups -OCH3 is 2. The van der Waals surface area contributed by atoms with Crippen molar-refractivity contribution in [2.45, 2.75) is 24.3 Å². The fourth-order valence-corrected chi connectivity index (χ4v) is 5.14. The molecule has 2 aromatic carbocycles. The summed E-state index contributed by atoms with van der Waals surface area (Å²) in [6.45, 7) is 2.74. The molecule has 1 aliphatic rings. The minimum absolute atomic E-state index is 0. The molecule has 0 amide bonds. The molecule has 2 heterocycles. The van der Waals surface area contributed by atoms with Crippen LogP contribution in [-0.4, -0.2) is 57.5 Å². The monoisotopic (exact) mass is 502 g/mol. The highest BCUT2D eigenvalue weighted by atomic mass is 35.5. The Hall–Kier alpha value is -2.11. The van der Waals surface area contributed by atoms with Crippen molar-refractivity contribution in [3.63, 3.8) is 0 Å². The maximum absolute atomic E-state index is 12.7. The van der Waals surface area contributed by atoms with Gasteiger partial charge in [0.05, 0.1) is 19.2 Å². The standard InChI is InChI=1S/C20H23ClN4O5S.ClH/c1-28-16-10-13-6-9-25(12-14(13)11-17(16)29-2)8-3-7-22-31(26,27)18-5-4-15(21)19-20(18)24-30-23-19;/h4-5,10-11,22H,3,6-9,12H2,1-2H3;1H. The lowest BCUT2D eigenvalue weighted by molar-refractivity contribution is 0.250. The van der Waals surface area contributed by atoms with Gasteiger partial charge in [-0.25, -0.2) is 17.8 Å². The molecule has 0 fully saturated rings. The molecule has 0 saturated heterocycles. The van der Waals surface area contributed by atoms with Crippen molar-refractivity contribution in [3.8, 4) is 11.5 Å². The van der Waals surface area contributed by atoms with E-state index in [-0.39, 0.29) is 33.4 Å². The molecule has 0 atom stereocenters. The molecule has 0 spiro atoms. The number of nitrogens with one attached hydrogen (secondary N) is 1. The Morgan fingerprint density at radius 3 is 2.53 bits per heavy atom. The third kappa shape index (κ3) is 4.94. The number of ether oxygens (including phenoxy) is 2. The molecule has 32 heavy (non-hydrogen) atoms. The van der Waals surface area contributed by atoms with Crippen LogP contribution >= 0.6 is 24.0 Å². The lowest BCUT2D eigenvalue weighted by atomic mass is 9.98. The third-order valence-corrected chi connectivity index (χ3v) is 7.16. The Kier molecular flexibility index (Phi) is 7.84. The summed E-state index contributed by atoms with van der Waals surface area (Å²) >= 11 is 6.01. The molecular formula is C20H24Cl2N4O5S. The SMILES string of the molecule is COc1cc2c(cc1OC)CN(CCCNS(=O)(=O)c1ccc(Cl)c3nonc13)CC2.Cl. The van der Waals surface area contributed by atoms with Crippen LogP contribution in [0, 0.1) is 0 Å². The van der Waals surface area contributed by atoms with Crippen LogP contribution in [0.3, 0.4) is 0 Å². The summed E-state index contributed by atoms with van der Waals surface area (Å²) in [5, 5.41) is 7.62. The smallest absolute Gasteiger partial charge is 0.242 e. The Labute approximate surface area is 197 Å². The number of fused-ring (bicyclic) bond motifs is 2. The largest absolute Gasteiger partial charge is 0.493 e. The molecule has 3 aromatic rings. The van der Waals surface area contributed by atoms with E-state index in [4.69, 9.17) is 21.1 Å². The molecular weight excluding hydrogens is 479 g/mol. The second-order valence-corrected chi connectivity index (χ2v) is 9.40. The van der Waals surface area contributed by atoms with Gasteiger partial charge in [0.1, 0.15) is 4.90 Å². The van der Waals surface area contributed by atoms with Gasteiger partial charge < -0.3 is 9.47 Å². The van der Waals surface area contributed by atoms with Gasteiger partial charge in [0.2, 0.25) is 10.0 Å². The maximum atomic E-state index is 12.7. The molecule has 0 unspecified atom stereocenters. The number of benzene rings is 2. The van der Waals surface area contributed by atoms with Gasteiger partial charge in [-0.1, -0.05) is 11.6 Å². The van der Waals surface area contributed by atoms with E-state index in [1.54, 1.807) is 14.2 Å². The summed E-state index contributed by atoms with van der Waals surface area (Å²) in [5.74, 6) is 1.45. The van der Waals surface area contributed by atoms with Crippen LogP contribution < -0.4 is 14.2 Å². The zero-order chi connectivity index (χ0) is 22.0. The third-order valence-electron chi connectivity index (χ3n) is 5.36. The first-order chi connectivity index (χ1) is 14.9. The number of aromatic nitrogens is 2. The van der Waals surface area contributed by atoms with Crippen LogP contribution in [0.1, 0.15) is 17.5 Å². The van der Waals surface area contributed by atoms with Gasteiger partial charge in [-0.15, -0.1) is 12.4 Å². The molecule has 12 heteroatoms. The van der Waals surface area contributed by atoms with Crippen LogP contribution in [0.25, 0.3) is 11.0 Å². The minimum atomic E-state index is -3.76. The lowest BCUT2D eigenvalue weighted by Crippen LogP contribution is -2.34. The number of sulfonamides is 1. The van der Waals surface area contributed by atoms with Crippen molar-refractivity contribution in [1.82, 2.24) is 19.9 Å². The molecule has 4 rings (SSSR count). The highest BCUT2D eigenvalue weighted by Gasteiger charge is 2.22. The van der Waals surface area contributed by atoms with Gasteiger partial charge in [-0.3, -0.25) is 4.90 Å². The van der Waals surface area contributed by atoms with Crippen molar-refractivity contribution >= 4 is 45.1 Å². The van der Waals surface area contributed by atoms with Gasteiger partial charge in [0.25, 0.3) is 0 Å². The first-order valence-electron chi connectivity index (χ1n) is 9.79. The van der Waals surface area contributed by atoms with Gasteiger partial charge >= 0.3 is 0 Å². The number of hydrogen-bond acceptors (Lipinski definition) is 8. The Morgan fingerprint density at radius 2 is 1.81 bits per heavy atom. The van der Waals surface area contributed by atoms with E-state index in [1.165, 1.54) is 23.3 Å². The fraction of sp³-hybridized carbons (Fsp3) is 0.400. The van der Waals surface area contributed by atoms with E-state index >= 15 is 0 Å². The second-order valence-electron chi connectivity index (χ2n) is 7.26. The summed E-state index contributed by atoms with van der Waals surface area (Å²) in [7, 11) is -0.503. The predicted octanol–water partition coefficient (Wildman–Crippen LogP) is 3.04. The number of rotatable bonds is 8. The van der Waals surface area contributed by atoms with E-state index in [1.807, 2.05) is 12.1 Å². The summed E-state index contributed by atoms with van der Waals surface area (Å²) in [4.78, 5) is 2.30. The highest BCUT2D eigenvalue weighted by molar-refractivity contribution is 7.89. The lowest BCUT2D eigenvalue weighted by Gasteiger charge is -2.29. The summed E-state index contributed by atoms with van der Waals surface area (Å²) in [5.41, 5.74) is 2.80. The zero-order valence-corrected chi connectivity index (χ0v) is 20.0. The van der Waals surface area contributed by atoms with Crippen molar-refractivity contribution in [1.29, 1.82) is 0 Å². The van der Waals surface area contributed by atoms with Gasteiger partial charge in [0, 0.05) is 19.6 Å². The van der Waals surface area contributed by atoms with E-state index in [0.29, 0.717) is 18.7 Å². The first-order valence-corrected chi connectivity index (χ1v) is 11.7. The minimum Gasteiger partial charge on any atom is -0.493 e. The second kappa shape index (κ2) is 10.2. The molecule has 1 aromatic heterocycles. The molecule has 174 valence electrons. The average Bonchev–Trinajstić information content (AvgIpc) is 3.26. The normalized spacial score (nSPS) is 14.1. The molecule has 1 N–H and O–H groups in total. The van der Waals surface area contributed by atoms with Crippen LogP contribution in [0.4, 0.5) is 0 Å². The van der Waals surface area contributed by atoms with E-state index < -0.39 is 10.0 Å². The van der Waals surface area contributed by atoms with Crippen LogP contribution in [0.2, 0.25) is 5.02 Å². The quantitative estimate of drug-likeness (QED) is 0.468. The van der Waals surface area contributed by atoms with Gasteiger partial charge in [0.15, 0.2) is 22.5 Å². The molecule has 0 bridgehead atoms.